The fourth-order valence-corrected chi connectivity index (χ4v) is 1.84. The Morgan fingerprint density at radius 1 is 1.24 bits per heavy atom. The lowest BCUT2D eigenvalue weighted by Crippen LogP contribution is -2.36. The minimum atomic E-state index is -1.58. The molecule has 0 heterocycles. The maximum atomic E-state index is 11.7. The van der Waals surface area contributed by atoms with Crippen LogP contribution >= 0.6 is 9.24 Å². The predicted molar refractivity (Wildman–Crippen MR) is 84.7 cm³/mol. The van der Waals surface area contributed by atoms with Gasteiger partial charge in [-0.2, -0.15) is 0 Å². The van der Waals surface area contributed by atoms with Crippen molar-refractivity contribution in [3.8, 4) is 11.5 Å². The number of hydrogen-bond acceptors (Lipinski definition) is 10. The number of aliphatic hydroxyl groups excluding tert-OH is 1. The maximum Gasteiger partial charge on any atom is 0.325 e. The lowest BCUT2D eigenvalue weighted by molar-refractivity contribution is -0.172. The Morgan fingerprint density at radius 2 is 1.96 bits per heavy atom. The zero-order valence-corrected chi connectivity index (χ0v) is 14.0. The van der Waals surface area contributed by atoms with Crippen molar-refractivity contribution in [3.05, 3.63) is 23.8 Å². The molecule has 1 aromatic rings. The fourth-order valence-electron chi connectivity index (χ4n) is 1.72. The molecule has 10 nitrogen and oxygen atoms in total. The summed E-state index contributed by atoms with van der Waals surface area (Å²) in [6.07, 6.45) is -1.57. The fraction of sp³-hybridized carbons (Fsp3) is 0.286. The van der Waals surface area contributed by atoms with Gasteiger partial charge in [-0.15, -0.1) is 0 Å². The topological polar surface area (TPSA) is 151 Å². The summed E-state index contributed by atoms with van der Waals surface area (Å²) < 4.78 is 18.4. The minimum absolute atomic E-state index is 0.00772. The number of hydrogen-bond donors (Lipinski definition) is 2. The quantitative estimate of drug-likeness (QED) is 0.238. The second kappa shape index (κ2) is 10.3. The van der Waals surface area contributed by atoms with E-state index in [-0.39, 0.29) is 30.9 Å². The third kappa shape index (κ3) is 7.25. The molecule has 3 N–H and O–H groups in total. The molecule has 11 heteroatoms. The lowest BCUT2D eigenvalue weighted by atomic mass is 10.1. The van der Waals surface area contributed by atoms with Crippen molar-refractivity contribution in [2.45, 2.75) is 18.8 Å². The zero-order chi connectivity index (χ0) is 18.8. The number of ether oxygens (including phenoxy) is 4. The number of benzene rings is 1. The van der Waals surface area contributed by atoms with E-state index in [2.05, 4.69) is 9.47 Å². The van der Waals surface area contributed by atoms with E-state index in [4.69, 9.17) is 20.3 Å². The van der Waals surface area contributed by atoms with Crippen molar-refractivity contribution in [1.82, 2.24) is 0 Å². The highest BCUT2D eigenvalue weighted by Crippen LogP contribution is 2.29. The van der Waals surface area contributed by atoms with E-state index >= 15 is 0 Å². The summed E-state index contributed by atoms with van der Waals surface area (Å²) in [5.41, 5.74) is 5.50. The third-order valence-electron chi connectivity index (χ3n) is 2.73. The van der Waals surface area contributed by atoms with Crippen LogP contribution in [0.25, 0.3) is 0 Å². The minimum Gasteiger partial charge on any atom is -0.458 e. The molecule has 3 atom stereocenters. The maximum absolute atomic E-state index is 11.7. The summed E-state index contributed by atoms with van der Waals surface area (Å²) >= 11 is 0. The Bertz CT molecular complexity index is 637. The number of rotatable bonds is 10. The number of nitrogens with two attached hydrogens (primary N) is 1. The second-order valence-electron chi connectivity index (χ2n) is 4.54. The van der Waals surface area contributed by atoms with E-state index in [9.17, 15) is 19.2 Å². The highest BCUT2D eigenvalue weighted by molar-refractivity contribution is 7.39. The molecule has 0 aromatic heterocycles. The van der Waals surface area contributed by atoms with Gasteiger partial charge in [-0.3, -0.25) is 14.4 Å². The molecule has 0 spiro atoms. The summed E-state index contributed by atoms with van der Waals surface area (Å²) in [5, 5.41) is 9.10. The Kier molecular flexibility index (Phi) is 8.48. The van der Waals surface area contributed by atoms with Crippen molar-refractivity contribution >= 4 is 33.9 Å². The van der Waals surface area contributed by atoms with Crippen LogP contribution in [0, 0.1) is 0 Å². The summed E-state index contributed by atoms with van der Waals surface area (Å²) in [4.78, 5) is 43.2. The van der Waals surface area contributed by atoms with E-state index in [0.29, 0.717) is 5.56 Å². The van der Waals surface area contributed by atoms with E-state index in [1.54, 1.807) is 9.24 Å². The van der Waals surface area contributed by atoms with Crippen LogP contribution in [0.5, 0.6) is 11.5 Å². The van der Waals surface area contributed by atoms with Crippen LogP contribution in [-0.4, -0.2) is 48.7 Å². The first kappa shape index (κ1) is 20.5. The van der Waals surface area contributed by atoms with Gasteiger partial charge in [-0.05, 0) is 33.4 Å². The van der Waals surface area contributed by atoms with Crippen LogP contribution in [0.3, 0.4) is 0 Å². The molecule has 0 saturated heterocycles. The van der Waals surface area contributed by atoms with Gasteiger partial charge in [-0.1, -0.05) is 6.07 Å². The van der Waals surface area contributed by atoms with Crippen molar-refractivity contribution in [2.24, 2.45) is 5.73 Å². The Balaban J connectivity index is 2.72. The largest absolute Gasteiger partial charge is 0.458 e. The molecular weight excluding hydrogens is 357 g/mol. The van der Waals surface area contributed by atoms with Crippen molar-refractivity contribution in [1.29, 1.82) is 0 Å². The smallest absolute Gasteiger partial charge is 0.325 e. The molecule has 0 amide bonds. The number of esters is 1. The Labute approximate surface area is 144 Å². The number of carbonyl (C=O) groups excluding carboxylic acids is 4. The molecule has 0 fully saturated rings. The van der Waals surface area contributed by atoms with Crippen LogP contribution in [0.1, 0.15) is 5.56 Å². The molecule has 0 aliphatic carbocycles. The summed E-state index contributed by atoms with van der Waals surface area (Å²) in [7, 11) is 1.80. The second-order valence-corrected chi connectivity index (χ2v) is 5.02. The van der Waals surface area contributed by atoms with Crippen LogP contribution in [0.2, 0.25) is 0 Å². The van der Waals surface area contributed by atoms with Gasteiger partial charge in [0.25, 0.3) is 12.9 Å². The molecule has 1 aromatic carbocycles. The predicted octanol–water partition coefficient (Wildman–Crippen LogP) is -0.500. The van der Waals surface area contributed by atoms with E-state index in [1.807, 2.05) is 0 Å². The van der Waals surface area contributed by atoms with Gasteiger partial charge in [0, 0.05) is 0 Å². The highest BCUT2D eigenvalue weighted by atomic mass is 31.0. The van der Waals surface area contributed by atoms with Gasteiger partial charge in [-0.25, -0.2) is 4.79 Å². The van der Waals surface area contributed by atoms with Crippen LogP contribution in [-0.2, 0) is 30.3 Å². The lowest BCUT2D eigenvalue weighted by Gasteiger charge is -2.14. The summed E-state index contributed by atoms with van der Waals surface area (Å²) in [6.45, 7) is -0.397. The summed E-state index contributed by atoms with van der Waals surface area (Å²) in [6, 6.07) is 3.16. The van der Waals surface area contributed by atoms with E-state index < -0.39 is 30.6 Å². The molecule has 0 bridgehead atoms. The molecule has 136 valence electrons. The number of aliphatic hydroxyl groups is 1. The highest BCUT2D eigenvalue weighted by Gasteiger charge is 2.19. The van der Waals surface area contributed by atoms with E-state index in [0.717, 1.165) is 0 Å². The molecule has 0 saturated carbocycles. The average Bonchev–Trinajstić information content (AvgIpc) is 2.55. The monoisotopic (exact) mass is 373 g/mol. The van der Waals surface area contributed by atoms with Crippen molar-refractivity contribution < 1.29 is 43.2 Å². The first-order valence-electron chi connectivity index (χ1n) is 6.77. The molecule has 0 aliphatic heterocycles. The van der Waals surface area contributed by atoms with Gasteiger partial charge in [0.15, 0.2) is 18.1 Å². The number of carbonyl (C=O) groups is 4. The van der Waals surface area contributed by atoms with Crippen LogP contribution < -0.4 is 15.2 Å². The van der Waals surface area contributed by atoms with Gasteiger partial charge >= 0.3 is 11.7 Å². The van der Waals surface area contributed by atoms with Gasteiger partial charge < -0.3 is 29.8 Å². The van der Waals surface area contributed by atoms with Gasteiger partial charge in [0.2, 0.25) is 6.29 Å². The molecule has 0 aliphatic rings. The summed E-state index contributed by atoms with van der Waals surface area (Å²) in [5.74, 6) is -0.855. The SMILES string of the molecule is NC(Cc1ccc(OC(=O)P)c(OC=O)c1)C(=O)OCC(O)OC=O. The Hall–Kier alpha value is -2.55. The van der Waals surface area contributed by atoms with Gasteiger partial charge in [0.05, 0.1) is 0 Å². The first-order chi connectivity index (χ1) is 11.9. The molecule has 1 rings (SSSR count). The van der Waals surface area contributed by atoms with Crippen molar-refractivity contribution in [3.63, 3.8) is 0 Å². The average molecular weight is 373 g/mol. The normalized spacial score (nSPS) is 12.4. The van der Waals surface area contributed by atoms with Gasteiger partial charge in [0.1, 0.15) is 6.04 Å². The standard InChI is InChI=1S/C14H16NO9P/c15-9(13(19)21-5-12(18)23-7-17)3-8-1-2-10(24-14(20)25)11(4-8)22-6-16/h1-2,4,6-7,9,12,18H,3,5,15,25H2. The zero-order valence-electron chi connectivity index (χ0n) is 12.8. The molecule has 25 heavy (non-hydrogen) atoms. The Morgan fingerprint density at radius 3 is 2.56 bits per heavy atom. The van der Waals surface area contributed by atoms with E-state index in [1.165, 1.54) is 18.2 Å². The van der Waals surface area contributed by atoms with Crippen LogP contribution in [0.4, 0.5) is 4.79 Å². The molecular formula is C14H16NO9P. The van der Waals surface area contributed by atoms with Crippen molar-refractivity contribution in [2.75, 3.05) is 6.61 Å². The first-order valence-corrected chi connectivity index (χ1v) is 7.35. The molecule has 0 radical (unpaired) electrons. The third-order valence-corrected chi connectivity index (χ3v) is 2.85. The van der Waals surface area contributed by atoms with Crippen LogP contribution in [0.15, 0.2) is 18.2 Å². The molecule has 3 unspecified atom stereocenters.